The molecule has 1 aliphatic carbocycles. The zero-order valence-electron chi connectivity index (χ0n) is 13.8. The van der Waals surface area contributed by atoms with E-state index in [1.54, 1.807) is 0 Å². The summed E-state index contributed by atoms with van der Waals surface area (Å²) < 4.78 is 0. The van der Waals surface area contributed by atoms with E-state index in [1.165, 1.54) is 16.7 Å². The van der Waals surface area contributed by atoms with Crippen LogP contribution in [0.5, 0.6) is 0 Å². The summed E-state index contributed by atoms with van der Waals surface area (Å²) in [6, 6.07) is 0.0465. The molecule has 3 rings (SSSR count). The third-order valence-corrected chi connectivity index (χ3v) is 5.65. The predicted octanol–water partition coefficient (Wildman–Crippen LogP) is -0.563. The zero-order valence-corrected chi connectivity index (χ0v) is 13.8. The van der Waals surface area contributed by atoms with Gasteiger partial charge >= 0.3 is 17.8 Å². The van der Waals surface area contributed by atoms with E-state index in [0.29, 0.717) is 6.54 Å². The number of hydrogen-bond acceptors (Lipinski definition) is 4. The summed E-state index contributed by atoms with van der Waals surface area (Å²) in [4.78, 5) is 50.7. The number of nitrogens with zero attached hydrogens (tertiary/aromatic N) is 2. The third-order valence-electron chi connectivity index (χ3n) is 5.65. The van der Waals surface area contributed by atoms with Crippen molar-refractivity contribution in [1.29, 1.82) is 0 Å². The van der Waals surface area contributed by atoms with Gasteiger partial charge in [0.2, 0.25) is 5.91 Å². The van der Waals surface area contributed by atoms with Crippen LogP contribution in [0, 0.1) is 11.3 Å². The van der Waals surface area contributed by atoms with Crippen LogP contribution in [0.2, 0.25) is 0 Å². The van der Waals surface area contributed by atoms with Crippen molar-refractivity contribution in [2.24, 2.45) is 11.3 Å². The zero-order chi connectivity index (χ0) is 17.5. The Morgan fingerprint density at radius 2 is 1.62 bits per heavy atom. The standard InChI is InChI=1S/C16H23N3O5/c1-10(20)18-6-11-7-19(9-16(11,8-18)15(23)24)14(22)13(21)17-12-4-2-3-5-12/h11-12H,2-9H2,1H3,(H,17,21)(H,23,24)/t11-,16-/m0/s1. The van der Waals surface area contributed by atoms with E-state index in [1.807, 2.05) is 0 Å². The topological polar surface area (TPSA) is 107 Å². The number of carboxylic acids is 1. The van der Waals surface area contributed by atoms with E-state index < -0.39 is 23.2 Å². The predicted molar refractivity (Wildman–Crippen MR) is 82.8 cm³/mol. The van der Waals surface area contributed by atoms with Gasteiger partial charge in [-0.05, 0) is 12.8 Å². The number of nitrogens with one attached hydrogen (secondary N) is 1. The van der Waals surface area contributed by atoms with Gasteiger partial charge in [-0.15, -0.1) is 0 Å². The minimum Gasteiger partial charge on any atom is -0.481 e. The number of aliphatic carboxylic acids is 1. The fourth-order valence-electron chi connectivity index (χ4n) is 4.22. The lowest BCUT2D eigenvalue weighted by molar-refractivity contribution is -0.150. The second-order valence-corrected chi connectivity index (χ2v) is 7.20. The number of carbonyl (C=O) groups excluding carboxylic acids is 3. The van der Waals surface area contributed by atoms with E-state index in [0.717, 1.165) is 25.7 Å². The smallest absolute Gasteiger partial charge is 0.313 e. The van der Waals surface area contributed by atoms with Gasteiger partial charge in [-0.1, -0.05) is 12.8 Å². The highest BCUT2D eigenvalue weighted by atomic mass is 16.4. The number of carboxylic acid groups (broad SMARTS) is 1. The van der Waals surface area contributed by atoms with Crippen LogP contribution >= 0.6 is 0 Å². The SMILES string of the molecule is CC(=O)N1C[C@H]2CN(C(=O)C(=O)NC3CCCC3)C[C@@]2(C(=O)O)C1. The van der Waals surface area contributed by atoms with Gasteiger partial charge in [0.25, 0.3) is 0 Å². The average Bonchev–Trinajstić information content (AvgIpc) is 3.19. The molecule has 0 radical (unpaired) electrons. The van der Waals surface area contributed by atoms with Crippen molar-refractivity contribution >= 4 is 23.7 Å². The molecule has 2 atom stereocenters. The molecule has 3 aliphatic rings. The maximum Gasteiger partial charge on any atom is 0.313 e. The summed E-state index contributed by atoms with van der Waals surface area (Å²) >= 11 is 0. The second kappa shape index (κ2) is 6.07. The van der Waals surface area contributed by atoms with Crippen LogP contribution in [-0.2, 0) is 19.2 Å². The highest BCUT2D eigenvalue weighted by molar-refractivity contribution is 6.35. The van der Waals surface area contributed by atoms with Crippen molar-refractivity contribution in [3.05, 3.63) is 0 Å². The van der Waals surface area contributed by atoms with Crippen LogP contribution in [0.15, 0.2) is 0 Å². The minimum absolute atomic E-state index is 0.0201. The monoisotopic (exact) mass is 337 g/mol. The summed E-state index contributed by atoms with van der Waals surface area (Å²) in [5.74, 6) is -2.82. The molecule has 8 nitrogen and oxygen atoms in total. The Morgan fingerprint density at radius 3 is 2.17 bits per heavy atom. The lowest BCUT2D eigenvalue weighted by Gasteiger charge is -2.25. The molecule has 3 amide bonds. The molecule has 8 heteroatoms. The number of carbonyl (C=O) groups is 4. The van der Waals surface area contributed by atoms with E-state index in [4.69, 9.17) is 0 Å². The Kier molecular flexibility index (Phi) is 4.23. The molecule has 0 aromatic rings. The Balaban J connectivity index is 1.67. The van der Waals surface area contributed by atoms with Gasteiger partial charge in [-0.2, -0.15) is 0 Å². The van der Waals surface area contributed by atoms with Gasteiger partial charge < -0.3 is 20.2 Å². The normalized spacial score (nSPS) is 29.6. The van der Waals surface area contributed by atoms with Gasteiger partial charge in [0.05, 0.1) is 0 Å². The summed E-state index contributed by atoms with van der Waals surface area (Å²) in [5, 5.41) is 12.4. The summed E-state index contributed by atoms with van der Waals surface area (Å²) in [6.45, 7) is 2.00. The molecule has 2 heterocycles. The van der Waals surface area contributed by atoms with Crippen LogP contribution in [0.4, 0.5) is 0 Å². The number of likely N-dealkylation sites (tertiary alicyclic amines) is 2. The molecule has 0 bridgehead atoms. The number of fused-ring (bicyclic) bond motifs is 1. The van der Waals surface area contributed by atoms with Crippen molar-refractivity contribution < 1.29 is 24.3 Å². The van der Waals surface area contributed by atoms with Crippen LogP contribution in [0.3, 0.4) is 0 Å². The Labute approximate surface area is 140 Å². The first-order chi connectivity index (χ1) is 11.3. The fourth-order valence-corrected chi connectivity index (χ4v) is 4.22. The van der Waals surface area contributed by atoms with Crippen molar-refractivity contribution in [1.82, 2.24) is 15.1 Å². The molecule has 132 valence electrons. The first kappa shape index (κ1) is 16.7. The lowest BCUT2D eigenvalue weighted by atomic mass is 9.81. The molecule has 2 saturated heterocycles. The Bertz CT molecular complexity index is 586. The lowest BCUT2D eigenvalue weighted by Crippen LogP contribution is -2.48. The molecule has 2 N–H and O–H groups in total. The molecule has 0 aromatic heterocycles. The van der Waals surface area contributed by atoms with Crippen LogP contribution < -0.4 is 5.32 Å². The average molecular weight is 337 g/mol. The van der Waals surface area contributed by atoms with Gasteiger partial charge in [0.15, 0.2) is 0 Å². The Hall–Kier alpha value is -2.12. The molecular formula is C16H23N3O5. The van der Waals surface area contributed by atoms with Crippen molar-refractivity contribution in [2.75, 3.05) is 26.2 Å². The van der Waals surface area contributed by atoms with E-state index in [2.05, 4.69) is 5.32 Å². The maximum absolute atomic E-state index is 12.4. The first-order valence-corrected chi connectivity index (χ1v) is 8.42. The molecule has 0 spiro atoms. The number of rotatable bonds is 2. The van der Waals surface area contributed by atoms with E-state index in [9.17, 15) is 24.3 Å². The van der Waals surface area contributed by atoms with Gasteiger partial charge in [0, 0.05) is 45.1 Å². The quantitative estimate of drug-likeness (QED) is 0.657. The third kappa shape index (κ3) is 2.74. The molecule has 2 aliphatic heterocycles. The molecule has 3 fully saturated rings. The van der Waals surface area contributed by atoms with Crippen molar-refractivity contribution in [3.63, 3.8) is 0 Å². The second-order valence-electron chi connectivity index (χ2n) is 7.20. The number of amides is 3. The molecule has 24 heavy (non-hydrogen) atoms. The summed E-state index contributed by atoms with van der Waals surface area (Å²) in [7, 11) is 0. The van der Waals surface area contributed by atoms with Crippen molar-refractivity contribution in [3.8, 4) is 0 Å². The van der Waals surface area contributed by atoms with E-state index >= 15 is 0 Å². The van der Waals surface area contributed by atoms with Crippen LogP contribution in [0.1, 0.15) is 32.6 Å². The largest absolute Gasteiger partial charge is 0.481 e. The molecular weight excluding hydrogens is 314 g/mol. The van der Waals surface area contributed by atoms with Crippen molar-refractivity contribution in [2.45, 2.75) is 38.6 Å². The van der Waals surface area contributed by atoms with Gasteiger partial charge in [0.1, 0.15) is 5.41 Å². The maximum atomic E-state index is 12.4. The number of hydrogen-bond donors (Lipinski definition) is 2. The molecule has 0 unspecified atom stereocenters. The van der Waals surface area contributed by atoms with Crippen LogP contribution in [-0.4, -0.2) is 70.8 Å². The molecule has 0 aromatic carbocycles. The van der Waals surface area contributed by atoms with Crippen LogP contribution in [0.25, 0.3) is 0 Å². The minimum atomic E-state index is -1.16. The van der Waals surface area contributed by atoms with Gasteiger partial charge in [-0.3, -0.25) is 19.2 Å². The highest BCUT2D eigenvalue weighted by Gasteiger charge is 2.59. The Morgan fingerprint density at radius 1 is 1.04 bits per heavy atom. The van der Waals surface area contributed by atoms with Gasteiger partial charge in [-0.25, -0.2) is 0 Å². The summed E-state index contributed by atoms with van der Waals surface area (Å²) in [6.07, 6.45) is 3.87. The highest BCUT2D eigenvalue weighted by Crippen LogP contribution is 2.42. The summed E-state index contributed by atoms with van der Waals surface area (Å²) in [5.41, 5.74) is -1.16. The first-order valence-electron chi connectivity index (χ1n) is 8.42. The van der Waals surface area contributed by atoms with E-state index in [-0.39, 0.29) is 37.5 Å². The fraction of sp³-hybridized carbons (Fsp3) is 0.750. The molecule has 1 saturated carbocycles.